The van der Waals surface area contributed by atoms with Crippen molar-refractivity contribution in [2.45, 2.75) is 77.5 Å². The molecule has 1 rings (SSSR count). The van der Waals surface area contributed by atoms with Crippen LogP contribution < -0.4 is 27.4 Å². The van der Waals surface area contributed by atoms with E-state index in [-0.39, 0.29) is 31.1 Å². The molecule has 0 aliphatic carbocycles. The molecule has 1 aromatic carbocycles. The first-order chi connectivity index (χ1) is 16.8. The predicted molar refractivity (Wildman–Crippen MR) is 134 cm³/mol. The molecule has 0 aliphatic rings. The number of nitrogens with one attached hydrogen (secondary N) is 3. The van der Waals surface area contributed by atoms with Gasteiger partial charge in [-0.05, 0) is 30.2 Å². The van der Waals surface area contributed by atoms with E-state index < -0.39 is 53.8 Å². The van der Waals surface area contributed by atoms with E-state index in [2.05, 4.69) is 16.0 Å². The molecule has 36 heavy (non-hydrogen) atoms. The number of carboxylic acid groups (broad SMARTS) is 1. The molecule has 0 heterocycles. The largest absolute Gasteiger partial charge is 0.480 e. The molecule has 0 radical (unpaired) electrons. The van der Waals surface area contributed by atoms with E-state index in [4.69, 9.17) is 11.5 Å². The van der Waals surface area contributed by atoms with Crippen LogP contribution in [0.2, 0.25) is 0 Å². The first-order valence-electron chi connectivity index (χ1n) is 12.0. The number of benzene rings is 1. The molecule has 0 aliphatic heterocycles. The van der Waals surface area contributed by atoms with Gasteiger partial charge in [-0.25, -0.2) is 4.79 Å². The smallest absolute Gasteiger partial charge is 0.326 e. The van der Waals surface area contributed by atoms with E-state index in [0.717, 1.165) is 0 Å². The van der Waals surface area contributed by atoms with Gasteiger partial charge >= 0.3 is 5.97 Å². The first kappa shape index (κ1) is 30.6. The number of amides is 4. The Labute approximate surface area is 211 Å². The summed E-state index contributed by atoms with van der Waals surface area (Å²) >= 11 is 0. The lowest BCUT2D eigenvalue weighted by Gasteiger charge is -2.27. The van der Waals surface area contributed by atoms with Crippen LogP contribution in [0.3, 0.4) is 0 Å². The summed E-state index contributed by atoms with van der Waals surface area (Å²) < 4.78 is 0. The van der Waals surface area contributed by atoms with E-state index in [1.807, 2.05) is 13.8 Å². The first-order valence-corrected chi connectivity index (χ1v) is 12.0. The average Bonchev–Trinajstić information content (AvgIpc) is 2.78. The van der Waals surface area contributed by atoms with E-state index in [0.29, 0.717) is 12.0 Å². The molecule has 4 amide bonds. The fourth-order valence-electron chi connectivity index (χ4n) is 3.55. The monoisotopic (exact) mass is 505 g/mol. The summed E-state index contributed by atoms with van der Waals surface area (Å²) in [7, 11) is 0. The number of hydrogen-bond acceptors (Lipinski definition) is 6. The van der Waals surface area contributed by atoms with Crippen molar-refractivity contribution in [3.63, 3.8) is 0 Å². The van der Waals surface area contributed by atoms with Gasteiger partial charge < -0.3 is 32.5 Å². The van der Waals surface area contributed by atoms with Crippen LogP contribution in [0.25, 0.3) is 0 Å². The maximum Gasteiger partial charge on any atom is 0.326 e. The molecule has 4 unspecified atom stereocenters. The third-order valence-electron chi connectivity index (χ3n) is 5.52. The van der Waals surface area contributed by atoms with Crippen molar-refractivity contribution < 1.29 is 29.1 Å². The highest BCUT2D eigenvalue weighted by Gasteiger charge is 2.32. The summed E-state index contributed by atoms with van der Waals surface area (Å²) in [4.78, 5) is 61.7. The Morgan fingerprint density at radius 3 is 1.94 bits per heavy atom. The van der Waals surface area contributed by atoms with Gasteiger partial charge in [0.05, 0.1) is 6.04 Å². The Morgan fingerprint density at radius 2 is 1.44 bits per heavy atom. The zero-order valence-corrected chi connectivity index (χ0v) is 21.3. The zero-order valence-electron chi connectivity index (χ0n) is 21.3. The van der Waals surface area contributed by atoms with Gasteiger partial charge in [-0.15, -0.1) is 0 Å². The van der Waals surface area contributed by atoms with Gasteiger partial charge in [0.1, 0.15) is 18.1 Å². The molecule has 1 aromatic rings. The van der Waals surface area contributed by atoms with Crippen molar-refractivity contribution in [3.05, 3.63) is 35.9 Å². The number of aliphatic carboxylic acids is 1. The number of carboxylic acids is 1. The van der Waals surface area contributed by atoms with Gasteiger partial charge in [0.15, 0.2) is 0 Å². The number of nitrogens with two attached hydrogens (primary N) is 2. The van der Waals surface area contributed by atoms with Crippen molar-refractivity contribution in [2.75, 3.05) is 0 Å². The molecule has 11 heteroatoms. The molecule has 0 spiro atoms. The standard InChI is InChI=1S/C25H39N5O6/c1-14(2)12-17(26)22(32)30-21(15(3)4)24(34)28-18(10-11-20(27)31)23(33)29-19(25(35)36)13-16-8-6-5-7-9-16/h5-9,14-15,17-19,21H,10-13,26H2,1-4H3,(H2,27,31)(H,28,34)(H,29,33)(H,30,32)(H,35,36). The number of carbonyl (C=O) groups excluding carboxylic acids is 4. The molecule has 0 fully saturated rings. The predicted octanol–water partition coefficient (Wildman–Crippen LogP) is 0.0630. The summed E-state index contributed by atoms with van der Waals surface area (Å²) in [6.45, 7) is 7.28. The van der Waals surface area contributed by atoms with Gasteiger partial charge in [-0.2, -0.15) is 0 Å². The SMILES string of the molecule is CC(C)CC(N)C(=O)NC(C(=O)NC(CCC(N)=O)C(=O)NC(Cc1ccccc1)C(=O)O)C(C)C. The lowest BCUT2D eigenvalue weighted by Crippen LogP contribution is -2.58. The molecular formula is C25H39N5O6. The van der Waals surface area contributed by atoms with Crippen LogP contribution in [0.4, 0.5) is 0 Å². The maximum absolute atomic E-state index is 13.1. The zero-order chi connectivity index (χ0) is 27.4. The van der Waals surface area contributed by atoms with E-state index in [1.165, 1.54) is 0 Å². The minimum atomic E-state index is -1.26. The number of carbonyl (C=O) groups is 5. The topological polar surface area (TPSA) is 194 Å². The van der Waals surface area contributed by atoms with Crippen molar-refractivity contribution in [1.29, 1.82) is 0 Å². The molecule has 4 atom stereocenters. The molecule has 0 bridgehead atoms. The van der Waals surface area contributed by atoms with Crippen LogP contribution in [-0.2, 0) is 30.4 Å². The molecule has 0 saturated heterocycles. The second-order valence-electron chi connectivity index (χ2n) is 9.62. The lowest BCUT2D eigenvalue weighted by atomic mass is 9.99. The highest BCUT2D eigenvalue weighted by Crippen LogP contribution is 2.09. The van der Waals surface area contributed by atoms with Crippen molar-refractivity contribution in [3.8, 4) is 0 Å². The fraction of sp³-hybridized carbons (Fsp3) is 0.560. The molecule has 8 N–H and O–H groups in total. The van der Waals surface area contributed by atoms with Crippen LogP contribution in [-0.4, -0.2) is 58.9 Å². The summed E-state index contributed by atoms with van der Waals surface area (Å²) in [6, 6.07) is 4.43. The van der Waals surface area contributed by atoms with Gasteiger partial charge in [0.2, 0.25) is 23.6 Å². The van der Waals surface area contributed by atoms with Crippen molar-refractivity contribution >= 4 is 29.6 Å². The Balaban J connectivity index is 3.00. The van der Waals surface area contributed by atoms with E-state index in [9.17, 15) is 29.1 Å². The van der Waals surface area contributed by atoms with E-state index >= 15 is 0 Å². The average molecular weight is 506 g/mol. The Kier molecular flexibility index (Phi) is 12.6. The molecule has 11 nitrogen and oxygen atoms in total. The van der Waals surface area contributed by atoms with Gasteiger partial charge in [0, 0.05) is 12.8 Å². The minimum Gasteiger partial charge on any atom is -0.480 e. The van der Waals surface area contributed by atoms with Gasteiger partial charge in [-0.1, -0.05) is 58.0 Å². The normalized spacial score (nSPS) is 14.4. The van der Waals surface area contributed by atoms with Crippen molar-refractivity contribution in [1.82, 2.24) is 16.0 Å². The second-order valence-corrected chi connectivity index (χ2v) is 9.62. The Bertz CT molecular complexity index is 905. The van der Waals surface area contributed by atoms with Gasteiger partial charge in [-0.3, -0.25) is 19.2 Å². The molecular weight excluding hydrogens is 466 g/mol. The Morgan fingerprint density at radius 1 is 0.861 bits per heavy atom. The van der Waals surface area contributed by atoms with Crippen molar-refractivity contribution in [2.24, 2.45) is 23.3 Å². The lowest BCUT2D eigenvalue weighted by molar-refractivity contribution is -0.142. The minimum absolute atomic E-state index is 0.0246. The number of hydrogen-bond donors (Lipinski definition) is 6. The van der Waals surface area contributed by atoms with Crippen LogP contribution in [0, 0.1) is 11.8 Å². The third-order valence-corrected chi connectivity index (χ3v) is 5.52. The fourth-order valence-corrected chi connectivity index (χ4v) is 3.55. The maximum atomic E-state index is 13.1. The molecule has 0 saturated carbocycles. The summed E-state index contributed by atoms with van der Waals surface area (Å²) in [5, 5.41) is 17.2. The molecule has 0 aromatic heterocycles. The quantitative estimate of drug-likeness (QED) is 0.194. The molecule has 200 valence electrons. The van der Waals surface area contributed by atoms with E-state index in [1.54, 1.807) is 44.2 Å². The highest BCUT2D eigenvalue weighted by atomic mass is 16.4. The van der Waals surface area contributed by atoms with Crippen LogP contribution in [0.5, 0.6) is 0 Å². The Hall–Kier alpha value is -3.47. The third kappa shape index (κ3) is 10.9. The number of rotatable bonds is 15. The highest BCUT2D eigenvalue weighted by molar-refractivity contribution is 5.94. The summed E-state index contributed by atoms with van der Waals surface area (Å²) in [6.07, 6.45) is 0.0969. The number of primary amides is 1. The summed E-state index contributed by atoms with van der Waals surface area (Å²) in [5.74, 6) is -4.03. The van der Waals surface area contributed by atoms with Crippen LogP contribution in [0.1, 0.15) is 52.5 Å². The second kappa shape index (κ2) is 14.8. The van der Waals surface area contributed by atoms with Gasteiger partial charge in [0.25, 0.3) is 0 Å². The van der Waals surface area contributed by atoms with Crippen LogP contribution >= 0.6 is 0 Å². The summed E-state index contributed by atoms with van der Waals surface area (Å²) in [5.41, 5.74) is 11.8. The van der Waals surface area contributed by atoms with Crippen LogP contribution in [0.15, 0.2) is 30.3 Å².